The topological polar surface area (TPSA) is 29.1 Å². The SMILES string of the molecule is CCCNC(=O)C(C)SC1CCCCC1. The second-order valence-corrected chi connectivity index (χ2v) is 5.98. The molecule has 1 fully saturated rings. The molecule has 0 bridgehead atoms. The summed E-state index contributed by atoms with van der Waals surface area (Å²) in [7, 11) is 0. The maximum atomic E-state index is 11.6. The fraction of sp³-hybridized carbons (Fsp3) is 0.917. The Hall–Kier alpha value is -0.180. The molecule has 0 heterocycles. The lowest BCUT2D eigenvalue weighted by molar-refractivity contribution is -0.120. The fourth-order valence-corrected chi connectivity index (χ4v) is 3.33. The maximum absolute atomic E-state index is 11.6. The zero-order valence-electron chi connectivity index (χ0n) is 9.92. The normalized spacial score (nSPS) is 19.9. The quantitative estimate of drug-likeness (QED) is 0.785. The maximum Gasteiger partial charge on any atom is 0.232 e. The first-order chi connectivity index (χ1) is 7.24. The van der Waals surface area contributed by atoms with Crippen molar-refractivity contribution in [2.24, 2.45) is 0 Å². The smallest absolute Gasteiger partial charge is 0.232 e. The Morgan fingerprint density at radius 1 is 1.40 bits per heavy atom. The lowest BCUT2D eigenvalue weighted by Gasteiger charge is -2.23. The van der Waals surface area contributed by atoms with Gasteiger partial charge in [-0.1, -0.05) is 26.2 Å². The van der Waals surface area contributed by atoms with Gasteiger partial charge in [0, 0.05) is 11.8 Å². The molecule has 1 atom stereocenters. The van der Waals surface area contributed by atoms with E-state index in [0.717, 1.165) is 18.2 Å². The predicted octanol–water partition coefficient (Wildman–Crippen LogP) is 2.97. The number of carbonyl (C=O) groups excluding carboxylic acids is 1. The third kappa shape index (κ3) is 4.92. The van der Waals surface area contributed by atoms with Crippen molar-refractivity contribution in [3.63, 3.8) is 0 Å². The van der Waals surface area contributed by atoms with Gasteiger partial charge in [-0.15, -0.1) is 11.8 Å². The largest absolute Gasteiger partial charge is 0.355 e. The lowest BCUT2D eigenvalue weighted by atomic mass is 10.0. The molecule has 0 aromatic carbocycles. The highest BCUT2D eigenvalue weighted by Crippen LogP contribution is 2.30. The van der Waals surface area contributed by atoms with Crippen LogP contribution >= 0.6 is 11.8 Å². The molecular formula is C12H23NOS. The molecule has 0 radical (unpaired) electrons. The average molecular weight is 229 g/mol. The first-order valence-electron chi connectivity index (χ1n) is 6.17. The Labute approximate surface area is 97.6 Å². The van der Waals surface area contributed by atoms with Gasteiger partial charge in [-0.25, -0.2) is 0 Å². The van der Waals surface area contributed by atoms with Gasteiger partial charge in [-0.05, 0) is 26.2 Å². The molecule has 1 amide bonds. The van der Waals surface area contributed by atoms with Crippen LogP contribution in [0.5, 0.6) is 0 Å². The first-order valence-corrected chi connectivity index (χ1v) is 7.11. The van der Waals surface area contributed by atoms with Gasteiger partial charge < -0.3 is 5.32 Å². The number of hydrogen-bond acceptors (Lipinski definition) is 2. The van der Waals surface area contributed by atoms with Crippen LogP contribution in [-0.2, 0) is 4.79 Å². The molecule has 1 rings (SSSR count). The highest BCUT2D eigenvalue weighted by Gasteiger charge is 2.20. The van der Waals surface area contributed by atoms with E-state index in [1.807, 2.05) is 18.7 Å². The van der Waals surface area contributed by atoms with Crippen LogP contribution in [0.3, 0.4) is 0 Å². The van der Waals surface area contributed by atoms with Crippen molar-refractivity contribution >= 4 is 17.7 Å². The van der Waals surface area contributed by atoms with Crippen LogP contribution in [0.2, 0.25) is 0 Å². The summed E-state index contributed by atoms with van der Waals surface area (Å²) in [6.07, 6.45) is 7.70. The van der Waals surface area contributed by atoms with E-state index in [1.165, 1.54) is 32.1 Å². The number of amides is 1. The Balaban J connectivity index is 2.20. The summed E-state index contributed by atoms with van der Waals surface area (Å²) in [4.78, 5) is 11.6. The fourth-order valence-electron chi connectivity index (χ4n) is 1.94. The number of carbonyl (C=O) groups is 1. The standard InChI is InChI=1S/C12H23NOS/c1-3-9-13-12(14)10(2)15-11-7-5-4-6-8-11/h10-11H,3-9H2,1-2H3,(H,13,14). The zero-order valence-corrected chi connectivity index (χ0v) is 10.7. The van der Waals surface area contributed by atoms with Crippen molar-refractivity contribution in [3.05, 3.63) is 0 Å². The second-order valence-electron chi connectivity index (χ2n) is 4.33. The van der Waals surface area contributed by atoms with Crippen LogP contribution in [0.25, 0.3) is 0 Å². The minimum atomic E-state index is 0.125. The Kier molecular flexibility index (Phi) is 6.15. The van der Waals surface area contributed by atoms with E-state index in [4.69, 9.17) is 0 Å². The van der Waals surface area contributed by atoms with E-state index >= 15 is 0 Å². The molecule has 15 heavy (non-hydrogen) atoms. The Morgan fingerprint density at radius 2 is 2.07 bits per heavy atom. The van der Waals surface area contributed by atoms with Gasteiger partial charge in [-0.2, -0.15) is 0 Å². The summed E-state index contributed by atoms with van der Waals surface area (Å²) in [5.41, 5.74) is 0. The van der Waals surface area contributed by atoms with Gasteiger partial charge in [0.2, 0.25) is 5.91 Å². The highest BCUT2D eigenvalue weighted by molar-refractivity contribution is 8.01. The highest BCUT2D eigenvalue weighted by atomic mass is 32.2. The summed E-state index contributed by atoms with van der Waals surface area (Å²) in [6.45, 7) is 4.93. The van der Waals surface area contributed by atoms with Gasteiger partial charge in [0.1, 0.15) is 0 Å². The molecule has 1 unspecified atom stereocenters. The van der Waals surface area contributed by atoms with E-state index in [2.05, 4.69) is 12.2 Å². The molecule has 0 spiro atoms. The Bertz CT molecular complexity index is 190. The molecule has 1 aliphatic carbocycles. The van der Waals surface area contributed by atoms with Gasteiger partial charge >= 0.3 is 0 Å². The van der Waals surface area contributed by atoms with Gasteiger partial charge in [0.25, 0.3) is 0 Å². The van der Waals surface area contributed by atoms with Crippen molar-refractivity contribution in [2.75, 3.05) is 6.54 Å². The molecule has 0 aliphatic heterocycles. The number of hydrogen-bond donors (Lipinski definition) is 1. The van der Waals surface area contributed by atoms with Crippen molar-refractivity contribution < 1.29 is 4.79 Å². The van der Waals surface area contributed by atoms with Crippen molar-refractivity contribution in [1.29, 1.82) is 0 Å². The van der Waals surface area contributed by atoms with Crippen LogP contribution in [0.15, 0.2) is 0 Å². The summed E-state index contributed by atoms with van der Waals surface area (Å²) >= 11 is 1.87. The molecule has 0 saturated heterocycles. The number of nitrogens with one attached hydrogen (secondary N) is 1. The number of rotatable bonds is 5. The first kappa shape index (κ1) is 12.9. The van der Waals surface area contributed by atoms with Crippen molar-refractivity contribution in [1.82, 2.24) is 5.32 Å². The third-order valence-corrected chi connectivity index (χ3v) is 4.35. The molecule has 0 aromatic rings. The van der Waals surface area contributed by atoms with Crippen molar-refractivity contribution in [3.8, 4) is 0 Å². The summed E-state index contributed by atoms with van der Waals surface area (Å²) in [6, 6.07) is 0. The van der Waals surface area contributed by atoms with E-state index in [9.17, 15) is 4.79 Å². The molecule has 1 aliphatic rings. The molecule has 3 heteroatoms. The molecule has 1 N–H and O–H groups in total. The van der Waals surface area contributed by atoms with Crippen LogP contribution in [0, 0.1) is 0 Å². The third-order valence-electron chi connectivity index (χ3n) is 2.87. The predicted molar refractivity (Wildman–Crippen MR) is 67.2 cm³/mol. The van der Waals surface area contributed by atoms with Crippen LogP contribution < -0.4 is 5.32 Å². The van der Waals surface area contributed by atoms with E-state index < -0.39 is 0 Å². The molecule has 2 nitrogen and oxygen atoms in total. The van der Waals surface area contributed by atoms with Crippen LogP contribution in [0.4, 0.5) is 0 Å². The van der Waals surface area contributed by atoms with E-state index in [0.29, 0.717) is 0 Å². The number of thioether (sulfide) groups is 1. The monoisotopic (exact) mass is 229 g/mol. The zero-order chi connectivity index (χ0) is 11.1. The molecular weight excluding hydrogens is 206 g/mol. The average Bonchev–Trinajstić information content (AvgIpc) is 2.27. The molecule has 0 aromatic heterocycles. The van der Waals surface area contributed by atoms with Crippen LogP contribution in [-0.4, -0.2) is 23.0 Å². The van der Waals surface area contributed by atoms with Gasteiger partial charge in [0.15, 0.2) is 0 Å². The van der Waals surface area contributed by atoms with Crippen molar-refractivity contribution in [2.45, 2.75) is 62.9 Å². The van der Waals surface area contributed by atoms with Gasteiger partial charge in [0.05, 0.1) is 5.25 Å². The minimum absolute atomic E-state index is 0.125. The summed E-state index contributed by atoms with van der Waals surface area (Å²) < 4.78 is 0. The minimum Gasteiger partial charge on any atom is -0.355 e. The molecule has 88 valence electrons. The molecule has 1 saturated carbocycles. The lowest BCUT2D eigenvalue weighted by Crippen LogP contribution is -2.32. The van der Waals surface area contributed by atoms with Crippen LogP contribution in [0.1, 0.15) is 52.4 Å². The summed E-state index contributed by atoms with van der Waals surface area (Å²) in [5.74, 6) is 0.215. The van der Waals surface area contributed by atoms with E-state index in [1.54, 1.807) is 0 Å². The summed E-state index contributed by atoms with van der Waals surface area (Å²) in [5, 5.41) is 3.81. The Morgan fingerprint density at radius 3 is 2.67 bits per heavy atom. The second kappa shape index (κ2) is 7.15. The van der Waals surface area contributed by atoms with E-state index in [-0.39, 0.29) is 11.2 Å². The van der Waals surface area contributed by atoms with Gasteiger partial charge in [-0.3, -0.25) is 4.79 Å².